The molecule has 0 heterocycles. The third-order valence-electron chi connectivity index (χ3n) is 14.5. The van der Waals surface area contributed by atoms with E-state index in [-0.39, 0.29) is 0 Å². The summed E-state index contributed by atoms with van der Waals surface area (Å²) < 4.78 is 0. The standard InChI is InChI=1S/C23H42.C20H38/c1-3-4-15-21-18(2)17-20-14-11-16-22(20)23(21)19-12-9-7-5-6-8-10-13-19;1-4-6-20-15-16(3)7-13-19(20)14-12-18-10-8-17(5-2)9-11-18/h18-23H,3-17H2,1-2H3;16-20H,4-15H2,1-3H3. The predicted molar refractivity (Wildman–Crippen MR) is 191 cm³/mol. The van der Waals surface area contributed by atoms with E-state index in [1.165, 1.54) is 103 Å². The molecule has 5 rings (SSSR count). The summed E-state index contributed by atoms with van der Waals surface area (Å²) in [6.45, 7) is 12.2. The first-order valence-electron chi connectivity index (χ1n) is 21.0. The molecular weight excluding hydrogens is 516 g/mol. The summed E-state index contributed by atoms with van der Waals surface area (Å²) in [6.07, 6.45) is 41.1. The van der Waals surface area contributed by atoms with Crippen LogP contribution in [-0.2, 0) is 0 Å². The van der Waals surface area contributed by atoms with Crippen molar-refractivity contribution < 1.29 is 0 Å². The second-order valence-electron chi connectivity index (χ2n) is 17.5. The van der Waals surface area contributed by atoms with Gasteiger partial charge in [-0.05, 0) is 104 Å². The maximum Gasteiger partial charge on any atom is -0.0324 e. The maximum atomic E-state index is 2.62. The zero-order valence-corrected chi connectivity index (χ0v) is 30.4. The molecule has 5 fully saturated rings. The van der Waals surface area contributed by atoms with Crippen LogP contribution in [0.4, 0.5) is 0 Å². The van der Waals surface area contributed by atoms with E-state index < -0.39 is 0 Å². The monoisotopic (exact) mass is 597 g/mol. The summed E-state index contributed by atoms with van der Waals surface area (Å²) in [6, 6.07) is 0. The van der Waals surface area contributed by atoms with Crippen molar-refractivity contribution in [2.24, 2.45) is 65.1 Å². The molecule has 0 heteroatoms. The van der Waals surface area contributed by atoms with E-state index in [9.17, 15) is 0 Å². The van der Waals surface area contributed by atoms with E-state index in [1.807, 2.05) is 0 Å². The van der Waals surface area contributed by atoms with E-state index in [2.05, 4.69) is 34.6 Å². The van der Waals surface area contributed by atoms with Crippen LogP contribution in [0.3, 0.4) is 0 Å². The van der Waals surface area contributed by atoms with Gasteiger partial charge in [0.1, 0.15) is 0 Å². The first-order chi connectivity index (χ1) is 21.0. The molecule has 0 spiro atoms. The van der Waals surface area contributed by atoms with Crippen LogP contribution in [-0.4, -0.2) is 0 Å². The normalized spacial score (nSPS) is 39.6. The Kier molecular flexibility index (Phi) is 16.3. The molecule has 0 aromatic carbocycles. The van der Waals surface area contributed by atoms with Crippen molar-refractivity contribution in [2.45, 2.75) is 208 Å². The molecule has 0 aliphatic heterocycles. The Balaban J connectivity index is 0.000000199. The van der Waals surface area contributed by atoms with Crippen LogP contribution < -0.4 is 0 Å². The third kappa shape index (κ3) is 11.0. The zero-order valence-electron chi connectivity index (χ0n) is 30.4. The Hall–Kier alpha value is 0. The summed E-state index contributed by atoms with van der Waals surface area (Å²) in [4.78, 5) is 0. The van der Waals surface area contributed by atoms with Gasteiger partial charge >= 0.3 is 0 Å². The van der Waals surface area contributed by atoms with Crippen LogP contribution in [0.1, 0.15) is 208 Å². The highest BCUT2D eigenvalue weighted by Crippen LogP contribution is 2.55. The Labute approximate surface area is 272 Å². The molecule has 0 N–H and O–H groups in total. The van der Waals surface area contributed by atoms with Crippen molar-refractivity contribution in [2.75, 3.05) is 0 Å². The molecule has 5 saturated carbocycles. The highest BCUT2D eigenvalue weighted by Gasteiger charge is 2.47. The molecule has 43 heavy (non-hydrogen) atoms. The quantitative estimate of drug-likeness (QED) is 0.235. The molecule has 5 aliphatic carbocycles. The molecule has 0 saturated heterocycles. The lowest BCUT2D eigenvalue weighted by molar-refractivity contribution is 0.00764. The van der Waals surface area contributed by atoms with E-state index in [0.717, 1.165) is 65.1 Å². The minimum atomic E-state index is 1.00. The molecule has 0 aromatic heterocycles. The van der Waals surface area contributed by atoms with Gasteiger partial charge < -0.3 is 0 Å². The summed E-state index contributed by atoms with van der Waals surface area (Å²) >= 11 is 0. The topological polar surface area (TPSA) is 0 Å². The second kappa shape index (κ2) is 19.6. The van der Waals surface area contributed by atoms with Gasteiger partial charge in [-0.2, -0.15) is 0 Å². The summed E-state index contributed by atoms with van der Waals surface area (Å²) in [5.74, 6) is 11.8. The van der Waals surface area contributed by atoms with Crippen LogP contribution >= 0.6 is 0 Å². The van der Waals surface area contributed by atoms with Gasteiger partial charge in [0, 0.05) is 0 Å². The van der Waals surface area contributed by atoms with E-state index in [1.54, 1.807) is 70.6 Å². The number of hydrogen-bond donors (Lipinski definition) is 0. The van der Waals surface area contributed by atoms with Gasteiger partial charge in [-0.1, -0.05) is 169 Å². The zero-order chi connectivity index (χ0) is 30.4. The van der Waals surface area contributed by atoms with Crippen LogP contribution in [0, 0.1) is 65.1 Å². The molecule has 252 valence electrons. The molecular formula is C43H80. The Morgan fingerprint density at radius 2 is 1.16 bits per heavy atom. The molecule has 0 amide bonds. The van der Waals surface area contributed by atoms with Crippen LogP contribution in [0.15, 0.2) is 0 Å². The van der Waals surface area contributed by atoms with E-state index in [0.29, 0.717) is 0 Å². The average molecular weight is 597 g/mol. The first-order valence-corrected chi connectivity index (χ1v) is 21.0. The highest BCUT2D eigenvalue weighted by atomic mass is 14.5. The molecule has 5 aliphatic rings. The lowest BCUT2D eigenvalue weighted by Gasteiger charge is -2.48. The highest BCUT2D eigenvalue weighted by molar-refractivity contribution is 4.96. The van der Waals surface area contributed by atoms with Crippen molar-refractivity contribution in [3.63, 3.8) is 0 Å². The molecule has 0 aromatic rings. The molecule has 8 unspecified atom stereocenters. The summed E-state index contributed by atoms with van der Waals surface area (Å²) in [7, 11) is 0. The fourth-order valence-corrected chi connectivity index (χ4v) is 11.9. The fourth-order valence-electron chi connectivity index (χ4n) is 11.9. The van der Waals surface area contributed by atoms with Crippen molar-refractivity contribution in [3.05, 3.63) is 0 Å². The van der Waals surface area contributed by atoms with Gasteiger partial charge in [-0.3, -0.25) is 0 Å². The van der Waals surface area contributed by atoms with Crippen LogP contribution in [0.5, 0.6) is 0 Å². The minimum absolute atomic E-state index is 1.00. The van der Waals surface area contributed by atoms with Crippen LogP contribution in [0.25, 0.3) is 0 Å². The largest absolute Gasteiger partial charge is 0.0654 e. The summed E-state index contributed by atoms with van der Waals surface area (Å²) in [5, 5.41) is 0. The number of fused-ring (bicyclic) bond motifs is 1. The van der Waals surface area contributed by atoms with E-state index in [4.69, 9.17) is 0 Å². The van der Waals surface area contributed by atoms with Gasteiger partial charge in [-0.25, -0.2) is 0 Å². The molecule has 0 bridgehead atoms. The summed E-state index contributed by atoms with van der Waals surface area (Å²) in [5.41, 5.74) is 0. The predicted octanol–water partition coefficient (Wildman–Crippen LogP) is 14.5. The van der Waals surface area contributed by atoms with Crippen molar-refractivity contribution >= 4 is 0 Å². The van der Waals surface area contributed by atoms with Crippen molar-refractivity contribution in [1.82, 2.24) is 0 Å². The van der Waals surface area contributed by atoms with Gasteiger partial charge in [-0.15, -0.1) is 0 Å². The fraction of sp³-hybridized carbons (Fsp3) is 1.00. The Bertz CT molecular complexity index is 691. The molecule has 8 atom stereocenters. The maximum absolute atomic E-state index is 2.62. The Morgan fingerprint density at radius 1 is 0.488 bits per heavy atom. The number of rotatable bonds is 10. The lowest BCUT2D eigenvalue weighted by Crippen LogP contribution is -2.41. The second-order valence-corrected chi connectivity index (χ2v) is 17.5. The number of unbranched alkanes of at least 4 members (excludes halogenated alkanes) is 1. The molecule has 0 radical (unpaired) electrons. The van der Waals surface area contributed by atoms with Crippen molar-refractivity contribution in [3.8, 4) is 0 Å². The average Bonchev–Trinajstić information content (AvgIpc) is 3.53. The SMILES string of the molecule is CCCC1CC(C)CCC1CCC1CCC(CC)CC1.CCCCC1C(C)CC2CCCC2C1C1CCCCCCCC1. The van der Waals surface area contributed by atoms with Gasteiger partial charge in [0.25, 0.3) is 0 Å². The third-order valence-corrected chi connectivity index (χ3v) is 14.5. The lowest BCUT2D eigenvalue weighted by atomic mass is 9.57. The van der Waals surface area contributed by atoms with Gasteiger partial charge in [0.2, 0.25) is 0 Å². The minimum Gasteiger partial charge on any atom is -0.0654 e. The smallest absolute Gasteiger partial charge is 0.0324 e. The van der Waals surface area contributed by atoms with Crippen molar-refractivity contribution in [1.29, 1.82) is 0 Å². The van der Waals surface area contributed by atoms with Gasteiger partial charge in [0.15, 0.2) is 0 Å². The molecule has 0 nitrogen and oxygen atoms in total. The van der Waals surface area contributed by atoms with Gasteiger partial charge in [0.05, 0.1) is 0 Å². The first kappa shape index (κ1) is 35.8. The van der Waals surface area contributed by atoms with E-state index >= 15 is 0 Å². The Morgan fingerprint density at radius 3 is 1.84 bits per heavy atom. The number of hydrogen-bond acceptors (Lipinski definition) is 0. The van der Waals surface area contributed by atoms with Crippen LogP contribution in [0.2, 0.25) is 0 Å².